The molecule has 0 aliphatic heterocycles. The van der Waals surface area contributed by atoms with E-state index in [9.17, 15) is 24.0 Å². The zero-order valence-electron chi connectivity index (χ0n) is 32.3. The molecule has 0 unspecified atom stereocenters. The van der Waals surface area contributed by atoms with Crippen LogP contribution in [0.15, 0.2) is 109 Å². The molecule has 0 heterocycles. The number of benzene rings is 4. The molecule has 0 saturated carbocycles. The molecule has 11 heteroatoms. The molecule has 0 saturated heterocycles. The summed E-state index contributed by atoms with van der Waals surface area (Å²) in [6.07, 6.45) is 0.0235. The third-order valence-corrected chi connectivity index (χ3v) is 9.35. The lowest BCUT2D eigenvalue weighted by Gasteiger charge is -2.26. The smallest absolute Gasteiger partial charge is 0.407 e. The van der Waals surface area contributed by atoms with Crippen LogP contribution in [0.25, 0.3) is 11.1 Å². The normalized spacial score (nSPS) is 13.0. The molecule has 294 valence electrons. The molecule has 0 radical (unpaired) electrons. The largest absolute Gasteiger partial charge is 0.458 e. The molecule has 0 bridgehead atoms. The number of rotatable bonds is 18. The second-order valence-corrected chi connectivity index (χ2v) is 14.9. The molecule has 56 heavy (non-hydrogen) atoms. The van der Waals surface area contributed by atoms with Gasteiger partial charge in [-0.05, 0) is 79.8 Å². The number of unbranched alkanes of at least 4 members (excludes halogenated alkanes) is 1. The minimum absolute atomic E-state index is 0.105. The number of fused-ring (bicyclic) bond motifs is 3. The first-order valence-corrected chi connectivity index (χ1v) is 19.1. The summed E-state index contributed by atoms with van der Waals surface area (Å²) >= 11 is 0. The van der Waals surface area contributed by atoms with E-state index in [1.54, 1.807) is 20.8 Å². The van der Waals surface area contributed by atoms with Crippen LogP contribution in [0.4, 0.5) is 9.59 Å². The first-order valence-electron chi connectivity index (χ1n) is 19.1. The number of alkyl carbamates (subject to hydrolysis) is 2. The van der Waals surface area contributed by atoms with Gasteiger partial charge in [0.2, 0.25) is 5.91 Å². The number of Topliss-reactive ketones (excluding diaryl/α,β-unsaturated/α-hetero) is 1. The predicted molar refractivity (Wildman–Crippen MR) is 213 cm³/mol. The van der Waals surface area contributed by atoms with Crippen LogP contribution in [0.5, 0.6) is 0 Å². The first-order chi connectivity index (χ1) is 27.0. The van der Waals surface area contributed by atoms with Crippen molar-refractivity contribution < 1.29 is 38.2 Å². The van der Waals surface area contributed by atoms with E-state index in [2.05, 4.69) is 28.1 Å². The molecule has 0 aromatic heterocycles. The van der Waals surface area contributed by atoms with Crippen molar-refractivity contribution >= 4 is 29.8 Å². The molecule has 4 aromatic carbocycles. The van der Waals surface area contributed by atoms with Crippen molar-refractivity contribution in [1.82, 2.24) is 16.0 Å². The van der Waals surface area contributed by atoms with Gasteiger partial charge in [0, 0.05) is 24.8 Å². The van der Waals surface area contributed by atoms with Gasteiger partial charge in [0.15, 0.2) is 5.78 Å². The summed E-state index contributed by atoms with van der Waals surface area (Å²) in [5.74, 6) is -2.41. The lowest BCUT2D eigenvalue weighted by atomic mass is 9.92. The molecule has 1 aliphatic carbocycles. The summed E-state index contributed by atoms with van der Waals surface area (Å²) in [5.41, 5.74) is 5.28. The lowest BCUT2D eigenvalue weighted by molar-refractivity contribution is -0.159. The number of ketones is 1. The average Bonchev–Trinajstić information content (AvgIpc) is 3.51. The van der Waals surface area contributed by atoms with E-state index in [4.69, 9.17) is 14.2 Å². The number of nitrogens with one attached hydrogen (secondary N) is 3. The van der Waals surface area contributed by atoms with E-state index >= 15 is 0 Å². The number of amides is 3. The highest BCUT2D eigenvalue weighted by Crippen LogP contribution is 2.44. The van der Waals surface area contributed by atoms with Crippen molar-refractivity contribution in [3.05, 3.63) is 131 Å². The van der Waals surface area contributed by atoms with Crippen LogP contribution < -0.4 is 16.0 Å². The SMILES string of the molecule is CC(C)(C)OC(=O)[C@H](CCCCNC(=O)OCc1ccccc1)NC(=O)[C@@H](CC(=O)CNC(=O)OCC1c2ccccc2-c2ccccc21)Cc1ccccc1. The Kier molecular flexibility index (Phi) is 14.8. The average molecular weight is 762 g/mol. The third-order valence-electron chi connectivity index (χ3n) is 9.35. The van der Waals surface area contributed by atoms with Crippen molar-refractivity contribution in [2.75, 3.05) is 19.7 Å². The highest BCUT2D eigenvalue weighted by atomic mass is 16.6. The molecule has 5 rings (SSSR count). The number of esters is 1. The van der Waals surface area contributed by atoms with Crippen LogP contribution >= 0.6 is 0 Å². The number of hydrogen-bond acceptors (Lipinski definition) is 8. The Morgan fingerprint density at radius 2 is 1.25 bits per heavy atom. The lowest BCUT2D eigenvalue weighted by Crippen LogP contribution is -2.47. The molecule has 0 fully saturated rings. The second-order valence-electron chi connectivity index (χ2n) is 14.9. The van der Waals surface area contributed by atoms with Crippen LogP contribution in [0.3, 0.4) is 0 Å². The monoisotopic (exact) mass is 761 g/mol. The Morgan fingerprint density at radius 3 is 1.88 bits per heavy atom. The van der Waals surface area contributed by atoms with E-state index in [1.807, 2.05) is 97.1 Å². The maximum atomic E-state index is 13.9. The highest BCUT2D eigenvalue weighted by Gasteiger charge is 2.31. The van der Waals surface area contributed by atoms with Gasteiger partial charge < -0.3 is 30.2 Å². The van der Waals surface area contributed by atoms with Crippen LogP contribution in [0.1, 0.15) is 74.6 Å². The van der Waals surface area contributed by atoms with E-state index < -0.39 is 41.6 Å². The predicted octanol–water partition coefficient (Wildman–Crippen LogP) is 7.27. The van der Waals surface area contributed by atoms with Gasteiger partial charge in [0.25, 0.3) is 0 Å². The maximum Gasteiger partial charge on any atom is 0.407 e. The third kappa shape index (κ3) is 12.5. The van der Waals surface area contributed by atoms with E-state index in [0.717, 1.165) is 33.4 Å². The summed E-state index contributed by atoms with van der Waals surface area (Å²) < 4.78 is 16.5. The Bertz CT molecular complexity index is 1900. The van der Waals surface area contributed by atoms with Gasteiger partial charge in [-0.3, -0.25) is 9.59 Å². The van der Waals surface area contributed by atoms with Gasteiger partial charge in [-0.25, -0.2) is 14.4 Å². The second kappa shape index (κ2) is 20.1. The number of carbonyl (C=O) groups excluding carboxylic acids is 5. The minimum Gasteiger partial charge on any atom is -0.458 e. The zero-order valence-corrected chi connectivity index (χ0v) is 32.3. The van der Waals surface area contributed by atoms with E-state index in [1.165, 1.54) is 0 Å². The Labute approximate surface area is 328 Å². The standard InChI is InChI=1S/C45H51N3O8/c1-45(2,3)56-42(51)40(24-14-15-25-46-43(52)54-29-32-18-8-5-9-19-32)48-41(50)33(26-31-16-6-4-7-17-31)27-34(49)28-47-44(53)55-30-39-37-22-12-10-20-35(37)36-21-11-13-23-38(36)39/h4-13,16-23,33,39-40H,14-15,24-30H2,1-3H3,(H,46,52)(H,47,53)(H,48,50)/t33-,40+/m1/s1. The Hall–Kier alpha value is -5.97. The number of ether oxygens (including phenoxy) is 3. The van der Waals surface area contributed by atoms with Crippen LogP contribution in [0, 0.1) is 5.92 Å². The van der Waals surface area contributed by atoms with Crippen molar-refractivity contribution in [2.45, 2.75) is 77.0 Å². The molecule has 0 spiro atoms. The fourth-order valence-corrected chi connectivity index (χ4v) is 6.67. The van der Waals surface area contributed by atoms with Gasteiger partial charge in [0.1, 0.15) is 24.9 Å². The van der Waals surface area contributed by atoms with Gasteiger partial charge in [0.05, 0.1) is 6.54 Å². The minimum atomic E-state index is -0.987. The number of hydrogen-bond donors (Lipinski definition) is 3. The number of carbonyl (C=O) groups is 5. The molecule has 11 nitrogen and oxygen atoms in total. The Morgan fingerprint density at radius 1 is 0.679 bits per heavy atom. The fraction of sp³-hybridized carbons (Fsp3) is 0.356. The molecule has 3 N–H and O–H groups in total. The molecule has 1 aliphatic rings. The van der Waals surface area contributed by atoms with Crippen LogP contribution in [0.2, 0.25) is 0 Å². The van der Waals surface area contributed by atoms with Crippen molar-refractivity contribution in [3.63, 3.8) is 0 Å². The molecular weight excluding hydrogens is 711 g/mol. The van der Waals surface area contributed by atoms with Crippen LogP contribution in [-0.4, -0.2) is 61.2 Å². The van der Waals surface area contributed by atoms with Crippen LogP contribution in [-0.2, 0) is 41.6 Å². The van der Waals surface area contributed by atoms with Crippen molar-refractivity contribution in [3.8, 4) is 11.1 Å². The summed E-state index contributed by atoms with van der Waals surface area (Å²) in [4.78, 5) is 65.4. The van der Waals surface area contributed by atoms with Crippen molar-refractivity contribution in [1.29, 1.82) is 0 Å². The quantitative estimate of drug-likeness (QED) is 0.0545. The van der Waals surface area contributed by atoms with E-state index in [0.29, 0.717) is 19.4 Å². The summed E-state index contributed by atoms with van der Waals surface area (Å²) in [7, 11) is 0. The summed E-state index contributed by atoms with van der Waals surface area (Å²) in [6, 6.07) is 33.7. The zero-order chi connectivity index (χ0) is 39.9. The molecule has 4 aromatic rings. The first kappa shape index (κ1) is 41.2. The summed E-state index contributed by atoms with van der Waals surface area (Å²) in [6.45, 7) is 5.47. The van der Waals surface area contributed by atoms with Gasteiger partial charge in [-0.1, -0.05) is 109 Å². The van der Waals surface area contributed by atoms with E-state index in [-0.39, 0.29) is 50.7 Å². The fourth-order valence-electron chi connectivity index (χ4n) is 6.67. The molecular formula is C45H51N3O8. The van der Waals surface area contributed by atoms with Crippen molar-refractivity contribution in [2.24, 2.45) is 5.92 Å². The van der Waals surface area contributed by atoms with Gasteiger partial charge in [-0.2, -0.15) is 0 Å². The van der Waals surface area contributed by atoms with Gasteiger partial charge >= 0.3 is 18.2 Å². The molecule has 3 amide bonds. The van der Waals surface area contributed by atoms with Gasteiger partial charge in [-0.15, -0.1) is 0 Å². The maximum absolute atomic E-state index is 13.9. The highest BCUT2D eigenvalue weighted by molar-refractivity contribution is 5.91. The molecule has 2 atom stereocenters. The summed E-state index contributed by atoms with van der Waals surface area (Å²) in [5, 5.41) is 8.11. The Balaban J connectivity index is 1.14. The topological polar surface area (TPSA) is 149 Å².